The van der Waals surface area contributed by atoms with Crippen molar-refractivity contribution in [3.8, 4) is 0 Å². The van der Waals surface area contributed by atoms with Crippen LogP contribution in [-0.2, 0) is 26.4 Å². The number of aromatic nitrogens is 4. The molecule has 0 spiro atoms. The third-order valence-corrected chi connectivity index (χ3v) is 4.01. The molecule has 1 aromatic carbocycles. The van der Waals surface area contributed by atoms with E-state index in [1.807, 2.05) is 42.2 Å². The molecular weight excluding hydrogens is 307 g/mol. The highest BCUT2D eigenvalue weighted by atomic mass is 35.5. The number of halogens is 2. The van der Waals surface area contributed by atoms with Crippen molar-refractivity contribution in [3.05, 3.63) is 47.3 Å². The van der Waals surface area contributed by atoms with E-state index in [0.29, 0.717) is 5.88 Å². The molecule has 0 aliphatic carbocycles. The lowest BCUT2D eigenvalue weighted by molar-refractivity contribution is 0.638. The van der Waals surface area contributed by atoms with Crippen molar-refractivity contribution >= 4 is 34.2 Å². The molecule has 0 atom stereocenters. The quantitative estimate of drug-likeness (QED) is 0.674. The van der Waals surface area contributed by atoms with Gasteiger partial charge in [-0.05, 0) is 18.2 Å². The van der Waals surface area contributed by atoms with Crippen LogP contribution in [0.15, 0.2) is 30.6 Å². The van der Waals surface area contributed by atoms with Crippen LogP contribution < -0.4 is 0 Å². The summed E-state index contributed by atoms with van der Waals surface area (Å²) in [4.78, 5) is 9.02. The summed E-state index contributed by atoms with van der Waals surface area (Å²) in [5, 5.41) is 0.720. The molecule has 110 valence electrons. The van der Waals surface area contributed by atoms with Crippen LogP contribution in [0.5, 0.6) is 0 Å². The first-order valence-corrected chi connectivity index (χ1v) is 7.77. The van der Waals surface area contributed by atoms with Crippen LogP contribution in [0.2, 0.25) is 5.02 Å². The van der Waals surface area contributed by atoms with E-state index in [1.165, 1.54) is 0 Å². The minimum atomic E-state index is 0.555. The fourth-order valence-electron chi connectivity index (χ4n) is 2.52. The Hall–Kier alpha value is -1.52. The van der Waals surface area contributed by atoms with Crippen molar-refractivity contribution in [1.29, 1.82) is 0 Å². The van der Waals surface area contributed by atoms with Gasteiger partial charge in [-0.25, -0.2) is 9.97 Å². The van der Waals surface area contributed by atoms with E-state index in [4.69, 9.17) is 23.2 Å². The molecule has 0 N–H and O–H groups in total. The summed E-state index contributed by atoms with van der Waals surface area (Å²) in [5.41, 5.74) is 2.01. The van der Waals surface area contributed by atoms with Crippen LogP contribution in [0.1, 0.15) is 11.6 Å². The largest absolute Gasteiger partial charge is 0.338 e. The highest BCUT2D eigenvalue weighted by molar-refractivity contribution is 6.31. The lowest BCUT2D eigenvalue weighted by Gasteiger charge is -2.09. The Morgan fingerprint density at radius 3 is 2.76 bits per heavy atom. The maximum Gasteiger partial charge on any atom is 0.111 e. The number of alkyl halides is 1. The van der Waals surface area contributed by atoms with Gasteiger partial charge in [0.15, 0.2) is 0 Å². The van der Waals surface area contributed by atoms with Crippen LogP contribution in [0.4, 0.5) is 0 Å². The molecule has 0 saturated carbocycles. The maximum absolute atomic E-state index is 6.12. The number of aryl methyl sites for hydroxylation is 4. The van der Waals surface area contributed by atoms with Gasteiger partial charge in [-0.15, -0.1) is 11.6 Å². The lowest BCUT2D eigenvalue weighted by atomic mass is 10.3. The van der Waals surface area contributed by atoms with E-state index in [2.05, 4.69) is 14.5 Å². The van der Waals surface area contributed by atoms with Crippen LogP contribution >= 0.6 is 23.2 Å². The van der Waals surface area contributed by atoms with Crippen molar-refractivity contribution in [1.82, 2.24) is 19.1 Å². The van der Waals surface area contributed by atoms with Crippen LogP contribution in [0.25, 0.3) is 11.0 Å². The zero-order chi connectivity index (χ0) is 14.8. The second-order valence-corrected chi connectivity index (χ2v) is 5.77. The highest BCUT2D eigenvalue weighted by Crippen LogP contribution is 2.21. The molecule has 0 unspecified atom stereocenters. The number of hydrogen-bond acceptors (Lipinski definition) is 2. The first-order chi connectivity index (χ1) is 10.2. The molecule has 0 amide bonds. The summed E-state index contributed by atoms with van der Waals surface area (Å²) >= 11 is 12.0. The van der Waals surface area contributed by atoms with Crippen molar-refractivity contribution in [2.45, 2.75) is 19.4 Å². The predicted molar refractivity (Wildman–Crippen MR) is 86.1 cm³/mol. The number of hydrogen-bond donors (Lipinski definition) is 0. The number of nitrogens with zero attached hydrogens (tertiary/aromatic N) is 4. The molecule has 3 aromatic rings. The van der Waals surface area contributed by atoms with Crippen molar-refractivity contribution < 1.29 is 0 Å². The first kappa shape index (κ1) is 14.4. The van der Waals surface area contributed by atoms with Gasteiger partial charge >= 0.3 is 0 Å². The SMILES string of the molecule is Cn1ccnc1CCn1c(CCCl)nc2ccc(Cl)cc21. The maximum atomic E-state index is 6.12. The van der Waals surface area contributed by atoms with E-state index in [-0.39, 0.29) is 0 Å². The van der Waals surface area contributed by atoms with Gasteiger partial charge in [-0.2, -0.15) is 0 Å². The molecule has 6 heteroatoms. The lowest BCUT2D eigenvalue weighted by Crippen LogP contribution is -2.09. The summed E-state index contributed by atoms with van der Waals surface area (Å²) in [6, 6.07) is 5.77. The molecule has 21 heavy (non-hydrogen) atoms. The molecular formula is C15H16Cl2N4. The fraction of sp³-hybridized carbons (Fsp3) is 0.333. The Morgan fingerprint density at radius 1 is 1.19 bits per heavy atom. The topological polar surface area (TPSA) is 35.6 Å². The Balaban J connectivity index is 1.96. The molecule has 0 fully saturated rings. The van der Waals surface area contributed by atoms with Gasteiger partial charge in [0.25, 0.3) is 0 Å². The number of fused-ring (bicyclic) bond motifs is 1. The molecule has 2 aromatic heterocycles. The van der Waals surface area contributed by atoms with Gasteiger partial charge < -0.3 is 9.13 Å². The number of rotatable bonds is 5. The number of benzene rings is 1. The summed E-state index contributed by atoms with van der Waals surface area (Å²) in [5.74, 6) is 2.60. The van der Waals surface area contributed by atoms with E-state index in [0.717, 1.165) is 47.1 Å². The Labute approximate surface area is 133 Å². The van der Waals surface area contributed by atoms with Gasteiger partial charge in [0.2, 0.25) is 0 Å². The summed E-state index contributed by atoms with van der Waals surface area (Å²) < 4.78 is 4.23. The second-order valence-electron chi connectivity index (χ2n) is 4.96. The Kier molecular flexibility index (Phi) is 4.17. The summed E-state index contributed by atoms with van der Waals surface area (Å²) in [7, 11) is 2.00. The Morgan fingerprint density at radius 2 is 2.05 bits per heavy atom. The van der Waals surface area contributed by atoms with Crippen LogP contribution in [0.3, 0.4) is 0 Å². The van der Waals surface area contributed by atoms with Gasteiger partial charge in [-0.3, -0.25) is 0 Å². The second kappa shape index (κ2) is 6.08. The van der Waals surface area contributed by atoms with E-state index < -0.39 is 0 Å². The van der Waals surface area contributed by atoms with E-state index in [1.54, 1.807) is 0 Å². The molecule has 0 radical (unpaired) electrons. The molecule has 0 saturated heterocycles. The van der Waals surface area contributed by atoms with Crippen molar-refractivity contribution in [2.24, 2.45) is 7.05 Å². The molecule has 0 aliphatic rings. The Bertz CT molecular complexity index is 760. The molecule has 2 heterocycles. The molecule has 0 aliphatic heterocycles. The fourth-order valence-corrected chi connectivity index (χ4v) is 2.86. The molecule has 4 nitrogen and oxygen atoms in total. The van der Waals surface area contributed by atoms with Gasteiger partial charge in [-0.1, -0.05) is 11.6 Å². The number of imidazole rings is 2. The third kappa shape index (κ3) is 2.92. The van der Waals surface area contributed by atoms with Gasteiger partial charge in [0.1, 0.15) is 11.6 Å². The highest BCUT2D eigenvalue weighted by Gasteiger charge is 2.11. The normalized spacial score (nSPS) is 11.4. The van der Waals surface area contributed by atoms with Crippen LogP contribution in [0, 0.1) is 0 Å². The first-order valence-electron chi connectivity index (χ1n) is 6.86. The molecule has 3 rings (SSSR count). The zero-order valence-electron chi connectivity index (χ0n) is 11.8. The molecule has 0 bridgehead atoms. The van der Waals surface area contributed by atoms with E-state index in [9.17, 15) is 0 Å². The minimum absolute atomic E-state index is 0.555. The van der Waals surface area contributed by atoms with Crippen molar-refractivity contribution in [3.63, 3.8) is 0 Å². The zero-order valence-corrected chi connectivity index (χ0v) is 13.3. The van der Waals surface area contributed by atoms with E-state index >= 15 is 0 Å². The smallest absolute Gasteiger partial charge is 0.111 e. The standard InChI is InChI=1S/C15H16Cl2N4/c1-20-9-7-18-14(20)5-8-21-13-10-11(17)2-3-12(13)19-15(21)4-6-16/h2-3,7,9-10H,4-6,8H2,1H3. The predicted octanol–water partition coefficient (Wildman–Crippen LogP) is 3.45. The van der Waals surface area contributed by atoms with Crippen molar-refractivity contribution in [2.75, 3.05) is 5.88 Å². The summed E-state index contributed by atoms with van der Waals surface area (Å²) in [6.45, 7) is 0.813. The average Bonchev–Trinajstić information content (AvgIpc) is 3.01. The summed E-state index contributed by atoms with van der Waals surface area (Å²) in [6.07, 6.45) is 5.36. The average molecular weight is 323 g/mol. The van der Waals surface area contributed by atoms with Gasteiger partial charge in [0, 0.05) is 49.7 Å². The monoisotopic (exact) mass is 322 g/mol. The third-order valence-electron chi connectivity index (χ3n) is 3.59. The minimum Gasteiger partial charge on any atom is -0.338 e. The van der Waals surface area contributed by atoms with Gasteiger partial charge in [0.05, 0.1) is 11.0 Å². The van der Waals surface area contributed by atoms with Crippen LogP contribution in [-0.4, -0.2) is 25.0 Å².